The van der Waals surface area contributed by atoms with E-state index < -0.39 is 0 Å². The summed E-state index contributed by atoms with van der Waals surface area (Å²) in [6.07, 6.45) is 3.48. The molecule has 0 radical (unpaired) electrons. The van der Waals surface area contributed by atoms with Crippen molar-refractivity contribution in [1.82, 2.24) is 9.97 Å². The van der Waals surface area contributed by atoms with Crippen LogP contribution in [0.25, 0.3) is 0 Å². The van der Waals surface area contributed by atoms with E-state index >= 15 is 0 Å². The van der Waals surface area contributed by atoms with Gasteiger partial charge in [0, 0.05) is 18.9 Å². The van der Waals surface area contributed by atoms with Crippen molar-refractivity contribution < 1.29 is 4.79 Å². The van der Waals surface area contributed by atoms with Gasteiger partial charge in [-0.1, -0.05) is 29.3 Å². The summed E-state index contributed by atoms with van der Waals surface area (Å²) in [5.74, 6) is 0.481. The Morgan fingerprint density at radius 2 is 2.25 bits per heavy atom. The first kappa shape index (κ1) is 11.4. The molecule has 1 atom stereocenters. The van der Waals surface area contributed by atoms with Crippen molar-refractivity contribution >= 4 is 34.9 Å². The predicted molar refractivity (Wildman–Crippen MR) is 62.7 cm³/mol. The Labute approximate surface area is 103 Å². The van der Waals surface area contributed by atoms with E-state index in [1.165, 1.54) is 11.2 Å². The van der Waals surface area contributed by atoms with E-state index in [0.717, 1.165) is 0 Å². The molecule has 1 fully saturated rings. The molecule has 1 unspecified atom stereocenters. The Bertz CT molecular complexity index is 450. The van der Waals surface area contributed by atoms with Gasteiger partial charge in [-0.3, -0.25) is 9.69 Å². The smallest absolute Gasteiger partial charge is 0.228 e. The van der Waals surface area contributed by atoms with Crippen LogP contribution in [0.3, 0.4) is 0 Å². The van der Waals surface area contributed by atoms with Crippen LogP contribution in [0.15, 0.2) is 19.0 Å². The standard InChI is InChI=1S/C10H9Cl2N3O/c1-2-6-3-7(16)15(4-6)10-8(11)9(12)13-5-14-10/h2,5-6H,1,3-4H2. The van der Waals surface area contributed by atoms with E-state index in [0.29, 0.717) is 18.8 Å². The van der Waals surface area contributed by atoms with Crippen LogP contribution in [0.2, 0.25) is 10.2 Å². The lowest BCUT2D eigenvalue weighted by Crippen LogP contribution is -2.25. The highest BCUT2D eigenvalue weighted by Crippen LogP contribution is 2.32. The van der Waals surface area contributed by atoms with Gasteiger partial charge in [-0.15, -0.1) is 6.58 Å². The highest BCUT2D eigenvalue weighted by Gasteiger charge is 2.31. The van der Waals surface area contributed by atoms with Crippen LogP contribution in [0, 0.1) is 5.92 Å². The van der Waals surface area contributed by atoms with Crippen molar-refractivity contribution in [3.63, 3.8) is 0 Å². The minimum Gasteiger partial charge on any atom is -0.295 e. The maximum atomic E-state index is 11.7. The summed E-state index contributed by atoms with van der Waals surface area (Å²) in [5.41, 5.74) is 0. The van der Waals surface area contributed by atoms with Crippen LogP contribution in [0.4, 0.5) is 5.82 Å². The van der Waals surface area contributed by atoms with Gasteiger partial charge in [0.1, 0.15) is 11.3 Å². The zero-order chi connectivity index (χ0) is 11.7. The molecule has 1 saturated heterocycles. The topological polar surface area (TPSA) is 46.1 Å². The highest BCUT2D eigenvalue weighted by molar-refractivity contribution is 6.43. The van der Waals surface area contributed by atoms with E-state index in [1.807, 2.05) is 0 Å². The van der Waals surface area contributed by atoms with Crippen molar-refractivity contribution in [2.45, 2.75) is 6.42 Å². The number of carbonyl (C=O) groups is 1. The third-order valence-corrected chi connectivity index (χ3v) is 3.20. The first-order valence-electron chi connectivity index (χ1n) is 4.72. The van der Waals surface area contributed by atoms with E-state index in [4.69, 9.17) is 23.2 Å². The molecule has 16 heavy (non-hydrogen) atoms. The summed E-state index contributed by atoms with van der Waals surface area (Å²) in [6.45, 7) is 4.21. The zero-order valence-electron chi connectivity index (χ0n) is 8.36. The molecule has 1 aliphatic heterocycles. The Hall–Kier alpha value is -1.13. The monoisotopic (exact) mass is 257 g/mol. The zero-order valence-corrected chi connectivity index (χ0v) is 9.87. The second-order valence-corrected chi connectivity index (χ2v) is 4.24. The molecule has 0 aliphatic carbocycles. The molecule has 1 aliphatic rings. The lowest BCUT2D eigenvalue weighted by molar-refractivity contribution is -0.117. The van der Waals surface area contributed by atoms with Gasteiger partial charge in [0.05, 0.1) is 0 Å². The third-order valence-electron chi connectivity index (χ3n) is 2.47. The number of hydrogen-bond donors (Lipinski definition) is 0. The maximum Gasteiger partial charge on any atom is 0.228 e. The molecule has 2 heterocycles. The fraction of sp³-hybridized carbons (Fsp3) is 0.300. The average molecular weight is 258 g/mol. The predicted octanol–water partition coefficient (Wildman–Crippen LogP) is 2.32. The number of anilines is 1. The van der Waals surface area contributed by atoms with E-state index in [1.54, 1.807) is 6.08 Å². The molecule has 2 rings (SSSR count). The molecular weight excluding hydrogens is 249 g/mol. The third kappa shape index (κ3) is 1.90. The molecule has 0 aromatic carbocycles. The molecule has 0 N–H and O–H groups in total. The minimum absolute atomic E-state index is 0.0263. The molecule has 84 valence electrons. The SMILES string of the molecule is C=CC1CC(=O)N(c2ncnc(Cl)c2Cl)C1. The molecule has 6 heteroatoms. The number of nitrogens with zero attached hydrogens (tertiary/aromatic N) is 3. The molecule has 4 nitrogen and oxygen atoms in total. The average Bonchev–Trinajstić information content (AvgIpc) is 2.64. The quantitative estimate of drug-likeness (QED) is 0.604. The van der Waals surface area contributed by atoms with Gasteiger partial charge in [-0.25, -0.2) is 9.97 Å². The fourth-order valence-electron chi connectivity index (χ4n) is 1.63. The molecule has 0 saturated carbocycles. The Kier molecular flexibility index (Phi) is 3.12. The molecule has 1 aromatic heterocycles. The van der Waals surface area contributed by atoms with E-state index in [-0.39, 0.29) is 22.0 Å². The highest BCUT2D eigenvalue weighted by atomic mass is 35.5. The molecule has 1 aromatic rings. The Morgan fingerprint density at radius 1 is 1.50 bits per heavy atom. The van der Waals surface area contributed by atoms with Gasteiger partial charge >= 0.3 is 0 Å². The van der Waals surface area contributed by atoms with Gasteiger partial charge in [-0.05, 0) is 0 Å². The van der Waals surface area contributed by atoms with Crippen LogP contribution >= 0.6 is 23.2 Å². The minimum atomic E-state index is -0.0263. The second-order valence-electron chi connectivity index (χ2n) is 3.51. The Morgan fingerprint density at radius 3 is 2.88 bits per heavy atom. The number of rotatable bonds is 2. The summed E-state index contributed by atoms with van der Waals surface area (Å²) in [7, 11) is 0. The van der Waals surface area contributed by atoms with E-state index in [9.17, 15) is 4.79 Å². The van der Waals surface area contributed by atoms with Gasteiger partial charge in [0.25, 0.3) is 0 Å². The summed E-state index contributed by atoms with van der Waals surface area (Å²) in [6, 6.07) is 0. The number of halogens is 2. The molecule has 0 spiro atoms. The van der Waals surface area contributed by atoms with Crippen molar-refractivity contribution in [3.8, 4) is 0 Å². The number of aromatic nitrogens is 2. The fourth-order valence-corrected chi connectivity index (χ4v) is 1.95. The summed E-state index contributed by atoms with van der Waals surface area (Å²) >= 11 is 11.7. The van der Waals surface area contributed by atoms with Gasteiger partial charge in [-0.2, -0.15) is 0 Å². The van der Waals surface area contributed by atoms with Gasteiger partial charge in [0.2, 0.25) is 5.91 Å². The van der Waals surface area contributed by atoms with Crippen LogP contribution in [-0.2, 0) is 4.79 Å². The first-order valence-corrected chi connectivity index (χ1v) is 5.48. The number of hydrogen-bond acceptors (Lipinski definition) is 3. The lowest BCUT2D eigenvalue weighted by atomic mass is 10.1. The summed E-state index contributed by atoms with van der Waals surface area (Å²) in [4.78, 5) is 21.0. The largest absolute Gasteiger partial charge is 0.295 e. The summed E-state index contributed by atoms with van der Waals surface area (Å²) in [5, 5.41) is 0.365. The van der Waals surface area contributed by atoms with Crippen LogP contribution in [0.5, 0.6) is 0 Å². The van der Waals surface area contributed by atoms with E-state index in [2.05, 4.69) is 16.5 Å². The Balaban J connectivity index is 2.35. The van der Waals surface area contributed by atoms with Crippen molar-refractivity contribution in [2.75, 3.05) is 11.4 Å². The lowest BCUT2D eigenvalue weighted by Gasteiger charge is -2.16. The number of amides is 1. The van der Waals surface area contributed by atoms with Crippen molar-refractivity contribution in [2.24, 2.45) is 5.92 Å². The number of carbonyl (C=O) groups excluding carboxylic acids is 1. The van der Waals surface area contributed by atoms with Crippen LogP contribution < -0.4 is 4.90 Å². The first-order chi connectivity index (χ1) is 7.63. The summed E-state index contributed by atoms with van der Waals surface area (Å²) < 4.78 is 0. The molecule has 0 bridgehead atoms. The van der Waals surface area contributed by atoms with Crippen LogP contribution in [-0.4, -0.2) is 22.4 Å². The van der Waals surface area contributed by atoms with Crippen LogP contribution in [0.1, 0.15) is 6.42 Å². The molecular formula is C10H9Cl2N3O. The van der Waals surface area contributed by atoms with Gasteiger partial charge < -0.3 is 0 Å². The maximum absolute atomic E-state index is 11.7. The molecule has 1 amide bonds. The van der Waals surface area contributed by atoms with Crippen molar-refractivity contribution in [3.05, 3.63) is 29.2 Å². The van der Waals surface area contributed by atoms with Gasteiger partial charge in [0.15, 0.2) is 11.0 Å². The van der Waals surface area contributed by atoms with Crippen molar-refractivity contribution in [1.29, 1.82) is 0 Å². The normalized spacial score (nSPS) is 20.2. The second kappa shape index (κ2) is 4.39.